The summed E-state index contributed by atoms with van der Waals surface area (Å²) in [6.07, 6.45) is 4.70. The van der Waals surface area contributed by atoms with Gasteiger partial charge in [0, 0.05) is 6.21 Å². The molecule has 0 bridgehead atoms. The van der Waals surface area contributed by atoms with Gasteiger partial charge in [-0.3, -0.25) is 4.99 Å². The molecule has 0 aromatic heterocycles. The van der Waals surface area contributed by atoms with Crippen LogP contribution in [0.2, 0.25) is 0 Å². The molecule has 0 saturated carbocycles. The molecule has 0 amide bonds. The second kappa shape index (κ2) is 4.39. The molecule has 0 saturated heterocycles. The molecule has 0 aliphatic heterocycles. The van der Waals surface area contributed by atoms with Gasteiger partial charge in [-0.1, -0.05) is 17.6 Å². The van der Waals surface area contributed by atoms with Crippen LogP contribution in [0, 0.1) is 0 Å². The van der Waals surface area contributed by atoms with Crippen LogP contribution in [-0.4, -0.2) is 14.1 Å². The fourth-order valence-corrected chi connectivity index (χ4v) is 0.784. The second-order valence-corrected chi connectivity index (χ2v) is 2.26. The Morgan fingerprint density at radius 3 is 2.92 bits per heavy atom. The topological polar surface area (TPSA) is 38.4 Å². The third-order valence-corrected chi connectivity index (χ3v) is 1.29. The van der Waals surface area contributed by atoms with Gasteiger partial charge in [-0.05, 0) is 24.4 Å². The Morgan fingerprint density at radius 1 is 1.42 bits per heavy atom. The third kappa shape index (κ3) is 2.62. The Bertz CT molecular complexity index is 305. The van der Waals surface area contributed by atoms with Gasteiger partial charge in [-0.15, -0.1) is 0 Å². The van der Waals surface area contributed by atoms with Crippen LogP contribution in [0.5, 0.6) is 0 Å². The highest BCUT2D eigenvalue weighted by molar-refractivity contribution is 6.32. The van der Waals surface area contributed by atoms with Crippen molar-refractivity contribution in [2.24, 2.45) is 10.7 Å². The van der Waals surface area contributed by atoms with E-state index in [4.69, 9.17) is 13.6 Å². The molecule has 1 aromatic rings. The molecule has 1 aromatic carbocycles. The standard InChI is InChI=1S/C9H9BN2/c10-8-3-1-4-9(7-8)12-6-2-5-11/h1-7H,11H2/b5-2-,12-6?. The number of rotatable bonds is 2. The SMILES string of the molecule is [B]c1cccc(N=C/C=C\N)c1. The predicted molar refractivity (Wildman–Crippen MR) is 53.3 cm³/mol. The Morgan fingerprint density at radius 2 is 2.25 bits per heavy atom. The van der Waals surface area contributed by atoms with Crippen molar-refractivity contribution in [1.29, 1.82) is 0 Å². The van der Waals surface area contributed by atoms with Crippen LogP contribution in [0.4, 0.5) is 5.69 Å². The average molecular weight is 156 g/mol. The highest BCUT2D eigenvalue weighted by Gasteiger charge is 1.85. The van der Waals surface area contributed by atoms with E-state index in [0.29, 0.717) is 5.46 Å². The highest BCUT2D eigenvalue weighted by Crippen LogP contribution is 2.06. The van der Waals surface area contributed by atoms with E-state index in [-0.39, 0.29) is 0 Å². The van der Waals surface area contributed by atoms with Crippen molar-refractivity contribution in [3.05, 3.63) is 36.5 Å². The van der Waals surface area contributed by atoms with Crippen LogP contribution in [0.15, 0.2) is 41.5 Å². The normalized spacial score (nSPS) is 11.3. The van der Waals surface area contributed by atoms with Crippen molar-refractivity contribution in [1.82, 2.24) is 0 Å². The maximum atomic E-state index is 5.55. The van der Waals surface area contributed by atoms with Crippen LogP contribution in [0.3, 0.4) is 0 Å². The van der Waals surface area contributed by atoms with Gasteiger partial charge in [-0.25, -0.2) is 0 Å². The number of nitrogens with zero attached hydrogens (tertiary/aromatic N) is 1. The minimum atomic E-state index is 0.710. The fraction of sp³-hybridized carbons (Fsp3) is 0. The van der Waals surface area contributed by atoms with Crippen molar-refractivity contribution in [2.75, 3.05) is 0 Å². The molecule has 0 atom stereocenters. The van der Waals surface area contributed by atoms with Gasteiger partial charge in [0.1, 0.15) is 7.85 Å². The summed E-state index contributed by atoms with van der Waals surface area (Å²) in [5.74, 6) is 0. The molecule has 0 unspecified atom stereocenters. The van der Waals surface area contributed by atoms with Gasteiger partial charge >= 0.3 is 0 Å². The lowest BCUT2D eigenvalue weighted by molar-refractivity contribution is 1.55. The molecule has 2 radical (unpaired) electrons. The van der Waals surface area contributed by atoms with E-state index in [1.807, 2.05) is 18.2 Å². The maximum Gasteiger partial charge on any atom is 0.113 e. The summed E-state index contributed by atoms with van der Waals surface area (Å²) in [7, 11) is 5.55. The molecule has 2 N–H and O–H groups in total. The smallest absolute Gasteiger partial charge is 0.113 e. The summed E-state index contributed by atoms with van der Waals surface area (Å²) < 4.78 is 0. The minimum absolute atomic E-state index is 0.710. The molecule has 0 aliphatic carbocycles. The fourth-order valence-electron chi connectivity index (χ4n) is 0.784. The van der Waals surface area contributed by atoms with Crippen molar-refractivity contribution < 1.29 is 0 Å². The third-order valence-electron chi connectivity index (χ3n) is 1.29. The molecule has 0 fully saturated rings. The van der Waals surface area contributed by atoms with Crippen molar-refractivity contribution in [3.8, 4) is 0 Å². The van der Waals surface area contributed by atoms with E-state index < -0.39 is 0 Å². The van der Waals surface area contributed by atoms with Gasteiger partial charge in [-0.2, -0.15) is 0 Å². The minimum Gasteiger partial charge on any atom is -0.405 e. The Labute approximate surface area is 73.2 Å². The first-order valence-electron chi connectivity index (χ1n) is 3.59. The van der Waals surface area contributed by atoms with Crippen LogP contribution in [-0.2, 0) is 0 Å². The predicted octanol–water partition coefficient (Wildman–Crippen LogP) is 0.655. The first-order valence-corrected chi connectivity index (χ1v) is 3.59. The van der Waals surface area contributed by atoms with E-state index in [1.165, 1.54) is 6.20 Å². The molecule has 1 rings (SSSR count). The van der Waals surface area contributed by atoms with E-state index in [9.17, 15) is 0 Å². The number of benzene rings is 1. The molecule has 0 heterocycles. The summed E-state index contributed by atoms with van der Waals surface area (Å²) in [5.41, 5.74) is 6.66. The van der Waals surface area contributed by atoms with Crippen molar-refractivity contribution in [2.45, 2.75) is 0 Å². The summed E-state index contributed by atoms with van der Waals surface area (Å²) in [4.78, 5) is 4.08. The van der Waals surface area contributed by atoms with E-state index in [2.05, 4.69) is 4.99 Å². The zero-order chi connectivity index (χ0) is 8.81. The first-order chi connectivity index (χ1) is 5.83. The van der Waals surface area contributed by atoms with Gasteiger partial charge in [0.05, 0.1) is 5.69 Å². The first kappa shape index (κ1) is 8.59. The molecule has 0 aliphatic rings. The molecular formula is C9H9BN2. The Balaban J connectivity index is 2.76. The molecular weight excluding hydrogens is 147 g/mol. The van der Waals surface area contributed by atoms with Crippen molar-refractivity contribution >= 4 is 25.2 Å². The van der Waals surface area contributed by atoms with Crippen LogP contribution >= 0.6 is 0 Å². The van der Waals surface area contributed by atoms with Gasteiger partial charge in [0.15, 0.2) is 0 Å². The number of hydrogen-bond acceptors (Lipinski definition) is 2. The molecule has 3 heteroatoms. The number of allylic oxidation sites excluding steroid dienone is 1. The monoisotopic (exact) mass is 156 g/mol. The second-order valence-electron chi connectivity index (χ2n) is 2.26. The van der Waals surface area contributed by atoms with Crippen molar-refractivity contribution in [3.63, 3.8) is 0 Å². The van der Waals surface area contributed by atoms with E-state index >= 15 is 0 Å². The molecule has 12 heavy (non-hydrogen) atoms. The van der Waals surface area contributed by atoms with E-state index in [1.54, 1.807) is 18.4 Å². The Kier molecular flexibility index (Phi) is 3.14. The number of nitrogens with two attached hydrogens (primary N) is 1. The maximum absolute atomic E-state index is 5.55. The number of aliphatic imine (C=N–C) groups is 1. The Hall–Kier alpha value is -1.51. The van der Waals surface area contributed by atoms with Crippen LogP contribution in [0.25, 0.3) is 0 Å². The average Bonchev–Trinajstić information content (AvgIpc) is 2.05. The van der Waals surface area contributed by atoms with Crippen LogP contribution in [0.1, 0.15) is 0 Å². The quantitative estimate of drug-likeness (QED) is 0.495. The molecule has 0 spiro atoms. The zero-order valence-corrected chi connectivity index (χ0v) is 6.64. The number of hydrogen-bond donors (Lipinski definition) is 1. The highest BCUT2D eigenvalue weighted by atomic mass is 14.7. The summed E-state index contributed by atoms with van der Waals surface area (Å²) in [6, 6.07) is 7.34. The van der Waals surface area contributed by atoms with Gasteiger partial charge < -0.3 is 5.73 Å². The largest absolute Gasteiger partial charge is 0.405 e. The van der Waals surface area contributed by atoms with Gasteiger partial charge in [0.2, 0.25) is 0 Å². The van der Waals surface area contributed by atoms with Crippen LogP contribution < -0.4 is 11.2 Å². The zero-order valence-electron chi connectivity index (χ0n) is 6.64. The lowest BCUT2D eigenvalue weighted by atomic mass is 9.96. The van der Waals surface area contributed by atoms with Gasteiger partial charge in [0.25, 0.3) is 0 Å². The van der Waals surface area contributed by atoms with E-state index in [0.717, 1.165) is 5.69 Å². The molecule has 2 nitrogen and oxygen atoms in total. The summed E-state index contributed by atoms with van der Waals surface area (Å²) in [5, 5.41) is 0. The summed E-state index contributed by atoms with van der Waals surface area (Å²) >= 11 is 0. The lowest BCUT2D eigenvalue weighted by Crippen LogP contribution is -1.98. The lowest BCUT2D eigenvalue weighted by Gasteiger charge is -1.93. The molecule has 58 valence electrons. The summed E-state index contributed by atoms with van der Waals surface area (Å²) in [6.45, 7) is 0.